The van der Waals surface area contributed by atoms with E-state index >= 15 is 0 Å². The van der Waals surface area contributed by atoms with Crippen LogP contribution in [0.4, 0.5) is 5.82 Å². The number of nitrogens with zero attached hydrogens (tertiary/aromatic N) is 4. The van der Waals surface area contributed by atoms with E-state index in [0.717, 1.165) is 29.0 Å². The number of amides is 2. The smallest absolute Gasteiger partial charge is 0.790 e. The van der Waals surface area contributed by atoms with Gasteiger partial charge in [0.2, 0.25) is 11.8 Å². The number of carbonyl (C=O) groups is 3. The van der Waals surface area contributed by atoms with Crippen molar-refractivity contribution in [1.29, 1.82) is 0 Å². The third kappa shape index (κ3) is 16.8. The summed E-state index contributed by atoms with van der Waals surface area (Å²) in [5.41, 5.74) is 4.18. The first-order chi connectivity index (χ1) is 24.6. The van der Waals surface area contributed by atoms with Crippen LogP contribution >= 0.6 is 35.2 Å². The molecule has 7 atom stereocenters. The minimum Gasteiger partial charge on any atom is -0.790 e. The van der Waals surface area contributed by atoms with Crippen LogP contribution in [0.3, 0.4) is 0 Å². The van der Waals surface area contributed by atoms with Crippen molar-refractivity contribution in [3.63, 3.8) is 0 Å². The maximum atomic E-state index is 12.6. The normalized spacial score (nSPS) is 21.0. The van der Waals surface area contributed by atoms with Crippen LogP contribution in [-0.4, -0.2) is 118 Å². The summed E-state index contributed by atoms with van der Waals surface area (Å²) >= 11 is 1.09. The number of aliphatic hydroxyl groups is 2. The monoisotopic (exact) mass is 867 g/mol. The van der Waals surface area contributed by atoms with Crippen molar-refractivity contribution in [2.75, 3.05) is 37.8 Å². The molecule has 0 radical (unpaired) electrons. The topological polar surface area (TPSA) is 401 Å². The molecule has 2 amide bonds. The van der Waals surface area contributed by atoms with Crippen molar-refractivity contribution in [2.24, 2.45) is 5.41 Å². The summed E-state index contributed by atoms with van der Waals surface area (Å²) in [6, 6.07) is 0. The maximum absolute atomic E-state index is 12.6. The average Bonchev–Trinajstić information content (AvgIpc) is 3.61. The second-order valence-electron chi connectivity index (χ2n) is 12.0. The summed E-state index contributed by atoms with van der Waals surface area (Å²) in [6.07, 6.45) is -6.14. The average molecular weight is 868 g/mol. The van der Waals surface area contributed by atoms with E-state index in [1.165, 1.54) is 13.8 Å². The molecule has 31 heteroatoms. The number of nitrogens with one attached hydrogen (secondary N) is 2. The first-order valence-electron chi connectivity index (χ1n) is 15.6. The summed E-state index contributed by atoms with van der Waals surface area (Å²) in [7, 11) is -16.9. The molecule has 3 heterocycles. The Balaban J connectivity index is 0.0000101. The first kappa shape index (κ1) is 54.7. The van der Waals surface area contributed by atoms with Gasteiger partial charge in [0.25, 0.3) is 0 Å². The van der Waals surface area contributed by atoms with E-state index in [4.69, 9.17) is 15.0 Å². The van der Waals surface area contributed by atoms with Gasteiger partial charge in [0.1, 0.15) is 36.3 Å². The Labute approximate surface area is 348 Å². The van der Waals surface area contributed by atoms with Gasteiger partial charge in [0, 0.05) is 37.1 Å². The van der Waals surface area contributed by atoms with Crippen LogP contribution in [0, 0.1) is 5.41 Å². The molecule has 1 saturated heterocycles. The number of phosphoric acid groups is 3. The molecule has 1 fully saturated rings. The molecule has 1 aliphatic heterocycles. The molecule has 0 aromatic carbocycles. The second-order valence-corrected chi connectivity index (χ2v) is 17.3. The Morgan fingerprint density at radius 1 is 1.07 bits per heavy atom. The Bertz CT molecular complexity index is 1760. The van der Waals surface area contributed by atoms with Crippen molar-refractivity contribution in [2.45, 2.75) is 70.7 Å². The van der Waals surface area contributed by atoms with Crippen molar-refractivity contribution in [1.82, 2.24) is 30.2 Å². The number of hydrogen-bond donors (Lipinski definition) is 7. The van der Waals surface area contributed by atoms with Crippen LogP contribution in [0.5, 0.6) is 0 Å². The molecule has 308 valence electrons. The van der Waals surface area contributed by atoms with Crippen LogP contribution in [-0.2, 0) is 50.7 Å². The van der Waals surface area contributed by atoms with E-state index in [9.17, 15) is 57.9 Å². The van der Waals surface area contributed by atoms with Gasteiger partial charge in [-0.15, -0.1) is 0 Å². The molecule has 56 heavy (non-hydrogen) atoms. The van der Waals surface area contributed by atoms with Crippen LogP contribution in [0.2, 0.25) is 0 Å². The van der Waals surface area contributed by atoms with Gasteiger partial charge in [-0.1, -0.05) is 32.5 Å². The van der Waals surface area contributed by atoms with Crippen LogP contribution in [0.25, 0.3) is 11.2 Å². The number of fused-ring (bicyclic) bond motifs is 1. The number of aromatic nitrogens is 4. The summed E-state index contributed by atoms with van der Waals surface area (Å²) < 4.78 is 61.3. The van der Waals surface area contributed by atoms with Gasteiger partial charge < -0.3 is 65.5 Å². The molecular formula is C25H42Li2N7O18P3S. The fourth-order valence-corrected chi connectivity index (χ4v) is 8.15. The number of nitrogens with two attached hydrogens (primary N) is 1. The molecule has 2 aromatic heterocycles. The van der Waals surface area contributed by atoms with Crippen molar-refractivity contribution >= 4 is 69.1 Å². The first-order valence-corrected chi connectivity index (χ1v) is 21.0. The molecule has 0 saturated carbocycles. The fourth-order valence-electron chi connectivity index (χ4n) is 4.56. The molecule has 0 bridgehead atoms. The number of phosphoric ester groups is 3. The van der Waals surface area contributed by atoms with E-state index in [1.807, 2.05) is 6.92 Å². The molecule has 1 aliphatic rings. The molecule has 2 aromatic rings. The Morgan fingerprint density at radius 2 is 1.71 bits per heavy atom. The zero-order chi connectivity index (χ0) is 39.8. The number of carbonyl (C=O) groups excluding carboxylic acids is 3. The SMILES string of the molecule is CCCC(=O)SCCNC(=O)CCNC(=O)[C@H](O)C(C)(C)COP(=O)(O)OP(=O)(O)OC[C@H]1O[C@@H](n2cnc3c(N)ncnc32)[C@H](O)[C@@H]1OP(=O)([O-])[O-].O.[Li+].[Li+]. The van der Waals surface area contributed by atoms with Crippen LogP contribution in [0.15, 0.2) is 12.7 Å². The van der Waals surface area contributed by atoms with E-state index < -0.39 is 84.6 Å². The molecular weight excluding hydrogens is 825 g/mol. The van der Waals surface area contributed by atoms with Crippen molar-refractivity contribution in [3.8, 4) is 0 Å². The minimum atomic E-state index is -5.82. The van der Waals surface area contributed by atoms with Gasteiger partial charge in [0.05, 0.1) is 27.4 Å². The number of imidazole rings is 1. The van der Waals surface area contributed by atoms with Gasteiger partial charge in [-0.3, -0.25) is 28.0 Å². The third-order valence-electron chi connectivity index (χ3n) is 7.21. The van der Waals surface area contributed by atoms with Crippen LogP contribution < -0.4 is 63.9 Å². The second kappa shape index (κ2) is 23.5. The van der Waals surface area contributed by atoms with Gasteiger partial charge in [-0.05, 0) is 6.42 Å². The van der Waals surface area contributed by atoms with Gasteiger partial charge >= 0.3 is 53.4 Å². The van der Waals surface area contributed by atoms with Crippen molar-refractivity contribution in [3.05, 3.63) is 12.7 Å². The Morgan fingerprint density at radius 3 is 2.34 bits per heavy atom. The van der Waals surface area contributed by atoms with E-state index in [1.54, 1.807) is 0 Å². The minimum absolute atomic E-state index is 0. The van der Waals surface area contributed by atoms with E-state index in [0.29, 0.717) is 18.6 Å². The number of thioether (sulfide) groups is 1. The molecule has 0 spiro atoms. The Kier molecular flexibility index (Phi) is 23.0. The predicted molar refractivity (Wildman–Crippen MR) is 181 cm³/mol. The molecule has 0 aliphatic carbocycles. The summed E-state index contributed by atoms with van der Waals surface area (Å²) in [4.78, 5) is 90.7. The van der Waals surface area contributed by atoms with Gasteiger partial charge in [-0.2, -0.15) is 4.31 Å². The van der Waals surface area contributed by atoms with Crippen molar-refractivity contribution < 1.29 is 124 Å². The number of hydrogen-bond acceptors (Lipinski definition) is 20. The summed E-state index contributed by atoms with van der Waals surface area (Å²) in [5, 5.41) is 26.2. The summed E-state index contributed by atoms with van der Waals surface area (Å²) in [5.74, 6) is -1.09. The quantitative estimate of drug-likeness (QED) is 0.0348. The zero-order valence-electron chi connectivity index (χ0n) is 30.9. The fraction of sp³-hybridized carbons (Fsp3) is 0.680. The van der Waals surface area contributed by atoms with Gasteiger partial charge in [0.15, 0.2) is 22.8 Å². The number of ether oxygens (including phenoxy) is 1. The van der Waals surface area contributed by atoms with E-state index in [2.05, 4.69) is 38.9 Å². The summed E-state index contributed by atoms with van der Waals surface area (Å²) in [6.45, 7) is 2.31. The van der Waals surface area contributed by atoms with E-state index in [-0.39, 0.29) is 84.8 Å². The number of anilines is 1. The zero-order valence-corrected chi connectivity index (χ0v) is 34.4. The van der Waals surface area contributed by atoms with Gasteiger partial charge in [-0.25, -0.2) is 24.1 Å². The largest absolute Gasteiger partial charge is 1.00 e. The standard InChI is InChI=1S/C25H42N7O17P3S.2Li.H2O/c1-4-5-16(34)53-9-8-27-15(33)6-7-28-23(37)20(36)25(2,3)11-46-52(43,44)49-51(41,42)45-10-14-19(48-50(38,39)40)18(35)24(47-14)32-13-31-17-21(26)29-12-30-22(17)32;;;/h12-14,18-20,24,35-36H,4-11H2,1-3H3,(H,27,33)(H,28,37)(H,41,42)(H,43,44)(H2,26,29,30)(H2,38,39,40);;;1H2/q;2*+1;/p-2/t14-,18-,19-,20+,24-;;;/m1.../s1. The predicted octanol–water partition coefficient (Wildman–Crippen LogP) is -8.62. The molecule has 25 nitrogen and oxygen atoms in total. The number of nitrogen functional groups attached to an aromatic ring is 1. The number of rotatable bonds is 21. The third-order valence-corrected chi connectivity index (χ3v) is 11.2. The maximum Gasteiger partial charge on any atom is 1.00 e. The molecule has 3 rings (SSSR count). The van der Waals surface area contributed by atoms with Crippen LogP contribution in [0.1, 0.15) is 46.3 Å². The Hall–Kier alpha value is -1.29. The molecule has 10 N–H and O–H groups in total. The number of aliphatic hydroxyl groups excluding tert-OH is 2. The molecule has 2 unspecified atom stereocenters.